The number of nitrogens with one attached hydrogen (secondary N) is 1. The van der Waals surface area contributed by atoms with Crippen molar-refractivity contribution in [1.29, 1.82) is 0 Å². The van der Waals surface area contributed by atoms with Crippen LogP contribution in [-0.4, -0.2) is 31.1 Å². The van der Waals surface area contributed by atoms with Crippen LogP contribution in [0.1, 0.15) is 24.9 Å². The molecule has 0 radical (unpaired) electrons. The maximum absolute atomic E-state index is 13.7. The third-order valence-corrected chi connectivity index (χ3v) is 3.77. The molecule has 1 aromatic rings. The number of piperazine rings is 1. The smallest absolute Gasteiger partial charge is 0.142 e. The fourth-order valence-corrected chi connectivity index (χ4v) is 2.62. The van der Waals surface area contributed by atoms with Crippen molar-refractivity contribution in [1.82, 2.24) is 10.2 Å². The highest BCUT2D eigenvalue weighted by molar-refractivity contribution is 6.30. The van der Waals surface area contributed by atoms with Gasteiger partial charge >= 0.3 is 0 Å². The Bertz CT molecular complexity index is 455. The van der Waals surface area contributed by atoms with Gasteiger partial charge in [-0.05, 0) is 31.0 Å². The lowest BCUT2D eigenvalue weighted by Gasteiger charge is -2.35. The summed E-state index contributed by atoms with van der Waals surface area (Å²) in [6.45, 7) is 9.91. The zero-order valence-corrected chi connectivity index (χ0v) is 12.0. The SMILES string of the molecule is C=C(C)C[C@H](c1ccc(Cl)c(F)c1)N1CCNCC1. The lowest BCUT2D eigenvalue weighted by atomic mass is 9.98. The molecular weight excluding hydrogens is 263 g/mol. The molecule has 0 saturated carbocycles. The van der Waals surface area contributed by atoms with Crippen LogP contribution in [0.3, 0.4) is 0 Å². The summed E-state index contributed by atoms with van der Waals surface area (Å²) in [5.41, 5.74) is 2.09. The molecule has 4 heteroatoms. The van der Waals surface area contributed by atoms with E-state index in [0.29, 0.717) is 0 Å². The van der Waals surface area contributed by atoms with Gasteiger partial charge in [0, 0.05) is 32.2 Å². The van der Waals surface area contributed by atoms with Gasteiger partial charge in [0.15, 0.2) is 0 Å². The summed E-state index contributed by atoms with van der Waals surface area (Å²) in [5.74, 6) is -0.346. The molecule has 1 heterocycles. The van der Waals surface area contributed by atoms with Crippen LogP contribution in [0, 0.1) is 5.82 Å². The first-order valence-electron chi connectivity index (χ1n) is 6.62. The van der Waals surface area contributed by atoms with E-state index in [9.17, 15) is 4.39 Å². The topological polar surface area (TPSA) is 15.3 Å². The van der Waals surface area contributed by atoms with Gasteiger partial charge < -0.3 is 5.32 Å². The van der Waals surface area contributed by atoms with Crippen LogP contribution in [0.25, 0.3) is 0 Å². The quantitative estimate of drug-likeness (QED) is 0.852. The van der Waals surface area contributed by atoms with E-state index in [4.69, 9.17) is 11.6 Å². The highest BCUT2D eigenvalue weighted by Gasteiger charge is 2.22. The average Bonchev–Trinajstić information content (AvgIpc) is 2.40. The van der Waals surface area contributed by atoms with Crippen molar-refractivity contribution >= 4 is 11.6 Å². The van der Waals surface area contributed by atoms with Crippen molar-refractivity contribution in [3.05, 3.63) is 46.8 Å². The first kappa shape index (κ1) is 14.5. The second-order valence-electron chi connectivity index (χ2n) is 5.14. The predicted molar refractivity (Wildman–Crippen MR) is 78.0 cm³/mol. The predicted octanol–water partition coefficient (Wildman–Crippen LogP) is 3.39. The van der Waals surface area contributed by atoms with Crippen LogP contribution >= 0.6 is 11.6 Å². The number of benzene rings is 1. The Kier molecular flexibility index (Phi) is 4.97. The first-order chi connectivity index (χ1) is 9.08. The molecule has 1 atom stereocenters. The number of hydrogen-bond acceptors (Lipinski definition) is 2. The number of hydrogen-bond donors (Lipinski definition) is 1. The van der Waals surface area contributed by atoms with Gasteiger partial charge in [0.2, 0.25) is 0 Å². The van der Waals surface area contributed by atoms with Crippen LogP contribution < -0.4 is 5.32 Å². The summed E-state index contributed by atoms with van der Waals surface area (Å²) in [6, 6.07) is 5.30. The third kappa shape index (κ3) is 3.78. The fraction of sp³-hybridized carbons (Fsp3) is 0.467. The number of nitrogens with zero attached hydrogens (tertiary/aromatic N) is 1. The molecular formula is C15H20ClFN2. The monoisotopic (exact) mass is 282 g/mol. The minimum atomic E-state index is -0.346. The van der Waals surface area contributed by atoms with Gasteiger partial charge in [0.1, 0.15) is 5.82 Å². The second kappa shape index (κ2) is 6.51. The fourth-order valence-electron chi connectivity index (χ4n) is 2.50. The first-order valence-corrected chi connectivity index (χ1v) is 7.00. The van der Waals surface area contributed by atoms with Crippen LogP contribution in [0.4, 0.5) is 4.39 Å². The summed E-state index contributed by atoms with van der Waals surface area (Å²) in [6.07, 6.45) is 0.848. The maximum atomic E-state index is 13.7. The van der Waals surface area contributed by atoms with E-state index in [1.807, 2.05) is 13.0 Å². The summed E-state index contributed by atoms with van der Waals surface area (Å²) < 4.78 is 13.7. The Morgan fingerprint density at radius 3 is 2.74 bits per heavy atom. The summed E-state index contributed by atoms with van der Waals surface area (Å²) in [7, 11) is 0. The molecule has 1 saturated heterocycles. The molecule has 1 aromatic carbocycles. The molecule has 0 aromatic heterocycles. The van der Waals surface area contributed by atoms with Gasteiger partial charge in [-0.1, -0.05) is 23.2 Å². The molecule has 0 bridgehead atoms. The number of halogens is 2. The molecule has 0 amide bonds. The Morgan fingerprint density at radius 2 is 2.16 bits per heavy atom. The summed E-state index contributed by atoms with van der Waals surface area (Å²) >= 11 is 5.76. The zero-order valence-electron chi connectivity index (χ0n) is 11.3. The van der Waals surface area contributed by atoms with Gasteiger partial charge in [-0.3, -0.25) is 4.90 Å². The molecule has 2 nitrogen and oxygen atoms in total. The van der Waals surface area contributed by atoms with E-state index >= 15 is 0 Å². The minimum absolute atomic E-state index is 0.179. The van der Waals surface area contributed by atoms with E-state index in [1.165, 1.54) is 0 Å². The van der Waals surface area contributed by atoms with Crippen molar-refractivity contribution < 1.29 is 4.39 Å². The van der Waals surface area contributed by atoms with E-state index in [0.717, 1.165) is 43.7 Å². The van der Waals surface area contributed by atoms with Crippen molar-refractivity contribution in [2.75, 3.05) is 26.2 Å². The summed E-state index contributed by atoms with van der Waals surface area (Å²) in [5, 5.41) is 3.51. The molecule has 0 aliphatic carbocycles. The zero-order chi connectivity index (χ0) is 13.8. The Labute approximate surface area is 119 Å². The largest absolute Gasteiger partial charge is 0.314 e. The van der Waals surface area contributed by atoms with Crippen LogP contribution in [0.15, 0.2) is 30.4 Å². The van der Waals surface area contributed by atoms with Crippen molar-refractivity contribution in [3.8, 4) is 0 Å². The molecule has 1 aliphatic heterocycles. The normalized spacial score (nSPS) is 18.3. The molecule has 0 spiro atoms. The highest BCUT2D eigenvalue weighted by atomic mass is 35.5. The molecule has 1 N–H and O–H groups in total. The molecule has 0 unspecified atom stereocenters. The highest BCUT2D eigenvalue weighted by Crippen LogP contribution is 2.29. The maximum Gasteiger partial charge on any atom is 0.142 e. The van der Waals surface area contributed by atoms with Crippen LogP contribution in [0.2, 0.25) is 5.02 Å². The standard InChI is InChI=1S/C15H20ClFN2/c1-11(2)9-15(19-7-5-18-6-8-19)12-3-4-13(16)14(17)10-12/h3-4,10,15,18H,1,5-9H2,2H3/t15-/m1/s1. The van der Waals surface area contributed by atoms with Gasteiger partial charge in [-0.25, -0.2) is 4.39 Å². The van der Waals surface area contributed by atoms with Crippen molar-refractivity contribution in [3.63, 3.8) is 0 Å². The van der Waals surface area contributed by atoms with Gasteiger partial charge in [0.05, 0.1) is 5.02 Å². The minimum Gasteiger partial charge on any atom is -0.314 e. The Balaban J connectivity index is 2.24. The molecule has 19 heavy (non-hydrogen) atoms. The molecule has 2 rings (SSSR count). The van der Waals surface area contributed by atoms with Crippen LogP contribution in [-0.2, 0) is 0 Å². The van der Waals surface area contributed by atoms with Gasteiger partial charge in [-0.2, -0.15) is 0 Å². The van der Waals surface area contributed by atoms with Gasteiger partial charge in [0.25, 0.3) is 0 Å². The third-order valence-electron chi connectivity index (χ3n) is 3.46. The lowest BCUT2D eigenvalue weighted by molar-refractivity contribution is 0.172. The van der Waals surface area contributed by atoms with Crippen molar-refractivity contribution in [2.45, 2.75) is 19.4 Å². The molecule has 104 valence electrons. The van der Waals surface area contributed by atoms with E-state index in [1.54, 1.807) is 12.1 Å². The van der Waals surface area contributed by atoms with E-state index in [2.05, 4.69) is 16.8 Å². The number of rotatable bonds is 4. The molecule has 1 fully saturated rings. The second-order valence-corrected chi connectivity index (χ2v) is 5.54. The average molecular weight is 283 g/mol. The van der Waals surface area contributed by atoms with Gasteiger partial charge in [-0.15, -0.1) is 6.58 Å². The Hall–Kier alpha value is -0.900. The van der Waals surface area contributed by atoms with E-state index < -0.39 is 0 Å². The van der Waals surface area contributed by atoms with Crippen LogP contribution in [0.5, 0.6) is 0 Å². The van der Waals surface area contributed by atoms with E-state index in [-0.39, 0.29) is 16.9 Å². The van der Waals surface area contributed by atoms with Crippen molar-refractivity contribution in [2.24, 2.45) is 0 Å². The molecule has 1 aliphatic rings. The summed E-state index contributed by atoms with van der Waals surface area (Å²) in [4.78, 5) is 2.38. The lowest BCUT2D eigenvalue weighted by Crippen LogP contribution is -2.45. The Morgan fingerprint density at radius 1 is 1.47 bits per heavy atom.